The summed E-state index contributed by atoms with van der Waals surface area (Å²) in [5.74, 6) is -0.872. The van der Waals surface area contributed by atoms with Crippen LogP contribution in [0.25, 0.3) is 0 Å². The van der Waals surface area contributed by atoms with Crippen LogP contribution >= 0.6 is 0 Å². The Morgan fingerprint density at radius 1 is 1.55 bits per heavy atom. The minimum absolute atomic E-state index is 0. The van der Waals surface area contributed by atoms with Gasteiger partial charge in [-0.25, -0.2) is 4.79 Å². The summed E-state index contributed by atoms with van der Waals surface area (Å²) in [5, 5.41) is 8.51. The molecule has 0 unspecified atom stereocenters. The molecular weight excluding hydrogens is 135 g/mol. The Labute approximate surface area is 78.9 Å². The Kier molecular flexibility index (Phi) is 3.95. The van der Waals surface area contributed by atoms with E-state index in [1.54, 1.807) is 18.2 Å². The van der Waals surface area contributed by atoms with Crippen LogP contribution in [0.5, 0.6) is 0 Å². The van der Waals surface area contributed by atoms with E-state index in [1.165, 1.54) is 0 Å². The van der Waals surface area contributed by atoms with Crippen molar-refractivity contribution < 1.29 is 30.2 Å². The van der Waals surface area contributed by atoms with E-state index in [2.05, 4.69) is 0 Å². The second-order valence-electron chi connectivity index (χ2n) is 2.17. The van der Waals surface area contributed by atoms with Gasteiger partial charge in [0.15, 0.2) is 0 Å². The molecule has 0 atom stereocenters. The first-order valence-corrected chi connectivity index (χ1v) is 3.00. The smallest absolute Gasteiger partial charge is 1.00 e. The zero-order valence-corrected chi connectivity index (χ0v) is 6.66. The molecule has 54 valence electrons. The van der Waals surface area contributed by atoms with Crippen molar-refractivity contribution >= 4 is 5.97 Å². The van der Waals surface area contributed by atoms with Gasteiger partial charge in [-0.15, -0.1) is 0 Å². The maximum absolute atomic E-state index is 10.4. The number of aryl methyl sites for hydroxylation is 1. The van der Waals surface area contributed by atoms with Crippen molar-refractivity contribution in [2.75, 3.05) is 0 Å². The number of carbonyl (C=O) groups is 1. The quantitative estimate of drug-likeness (QED) is 0.503. The molecule has 3 heteroatoms. The third-order valence-electron chi connectivity index (χ3n) is 1.27. The fraction of sp³-hybridized carbons (Fsp3) is 0.125. The van der Waals surface area contributed by atoms with E-state index in [4.69, 9.17) is 5.11 Å². The summed E-state index contributed by atoms with van der Waals surface area (Å²) in [6.45, 7) is 1.87. The van der Waals surface area contributed by atoms with E-state index in [9.17, 15) is 4.79 Å². The van der Waals surface area contributed by atoms with Gasteiger partial charge in [0.2, 0.25) is 0 Å². The maximum atomic E-state index is 10.4. The zero-order valence-electron chi connectivity index (χ0n) is 7.66. The first-order valence-electron chi connectivity index (χ1n) is 3.00. The van der Waals surface area contributed by atoms with Gasteiger partial charge in [0.25, 0.3) is 0 Å². The molecule has 0 aromatic heterocycles. The molecule has 0 heterocycles. The number of benzene rings is 1. The van der Waals surface area contributed by atoms with E-state index in [0.29, 0.717) is 5.56 Å². The van der Waals surface area contributed by atoms with Gasteiger partial charge in [-0.05, 0) is 19.1 Å². The summed E-state index contributed by atoms with van der Waals surface area (Å²) < 4.78 is 0. The van der Waals surface area contributed by atoms with E-state index >= 15 is 0 Å². The Balaban J connectivity index is 0. The van der Waals surface area contributed by atoms with Gasteiger partial charge >= 0.3 is 24.8 Å². The van der Waals surface area contributed by atoms with Crippen molar-refractivity contribution in [2.24, 2.45) is 0 Å². The van der Waals surface area contributed by atoms with Gasteiger partial charge in [-0.3, -0.25) is 0 Å². The molecule has 1 aromatic carbocycles. The van der Waals surface area contributed by atoms with Crippen molar-refractivity contribution in [3.63, 3.8) is 0 Å². The average molecular weight is 144 g/mol. The third-order valence-corrected chi connectivity index (χ3v) is 1.27. The molecule has 0 saturated heterocycles. The first-order chi connectivity index (χ1) is 4.70. The van der Waals surface area contributed by atoms with Gasteiger partial charge < -0.3 is 6.53 Å². The Hall–Kier alpha value is -0.713. The Morgan fingerprint density at radius 3 is 2.55 bits per heavy atom. The van der Waals surface area contributed by atoms with Crippen molar-refractivity contribution in [3.05, 3.63) is 35.4 Å². The average Bonchev–Trinajstić information content (AvgIpc) is 1.88. The van der Waals surface area contributed by atoms with Crippen molar-refractivity contribution in [1.82, 2.24) is 0 Å². The summed E-state index contributed by atoms with van der Waals surface area (Å²) in [6.07, 6.45) is 0. The van der Waals surface area contributed by atoms with Crippen LogP contribution in [0.15, 0.2) is 24.3 Å². The summed E-state index contributed by atoms with van der Waals surface area (Å²) >= 11 is 0. The zero-order chi connectivity index (χ0) is 7.56. The number of hydrogen-bond donors (Lipinski definition) is 1. The maximum Gasteiger partial charge on any atom is 1.00 e. The molecule has 0 fully saturated rings. The number of aromatic carboxylic acids is 1. The number of carboxylic acid groups (broad SMARTS) is 1. The molecule has 11 heavy (non-hydrogen) atoms. The van der Waals surface area contributed by atoms with Crippen LogP contribution in [0.1, 0.15) is 17.3 Å². The van der Waals surface area contributed by atoms with Crippen LogP contribution in [0.3, 0.4) is 0 Å². The standard InChI is InChI=1S/C8H8O2.Li.H/c1-6-3-2-4-7(5-6)8(9)10;;/h2-5H,1H3,(H,9,10);;/q;+1;-1. The molecule has 0 aliphatic carbocycles. The molecule has 0 aliphatic heterocycles. The summed E-state index contributed by atoms with van der Waals surface area (Å²) in [5.41, 5.74) is 1.32. The summed E-state index contributed by atoms with van der Waals surface area (Å²) in [7, 11) is 0. The van der Waals surface area contributed by atoms with E-state index in [-0.39, 0.29) is 20.3 Å². The number of rotatable bonds is 1. The van der Waals surface area contributed by atoms with Crippen LogP contribution in [0.2, 0.25) is 0 Å². The van der Waals surface area contributed by atoms with Gasteiger partial charge in [0.05, 0.1) is 5.56 Å². The largest absolute Gasteiger partial charge is 1.00 e. The molecule has 1 rings (SSSR count). The van der Waals surface area contributed by atoms with E-state index in [1.807, 2.05) is 13.0 Å². The molecule has 0 amide bonds. The molecule has 0 bridgehead atoms. The van der Waals surface area contributed by atoms with Gasteiger partial charge in [0, 0.05) is 0 Å². The fourth-order valence-corrected chi connectivity index (χ4v) is 0.778. The minimum Gasteiger partial charge on any atom is -1.00 e. The van der Waals surface area contributed by atoms with Crippen molar-refractivity contribution in [1.29, 1.82) is 0 Å². The molecule has 0 saturated carbocycles. The normalized spacial score (nSPS) is 8.45. The van der Waals surface area contributed by atoms with Crippen LogP contribution in [0, 0.1) is 6.92 Å². The monoisotopic (exact) mass is 144 g/mol. The Morgan fingerprint density at radius 2 is 2.18 bits per heavy atom. The predicted octanol–water partition coefficient (Wildman–Crippen LogP) is -1.19. The molecular formula is C8H9LiO2. The van der Waals surface area contributed by atoms with Gasteiger partial charge in [-0.1, -0.05) is 17.7 Å². The molecule has 1 aromatic rings. The molecule has 2 nitrogen and oxygen atoms in total. The second-order valence-corrected chi connectivity index (χ2v) is 2.17. The van der Waals surface area contributed by atoms with Gasteiger partial charge in [-0.2, -0.15) is 0 Å². The van der Waals surface area contributed by atoms with Crippen molar-refractivity contribution in [3.8, 4) is 0 Å². The summed E-state index contributed by atoms with van der Waals surface area (Å²) in [6, 6.07) is 6.82. The number of hydrogen-bond acceptors (Lipinski definition) is 1. The van der Waals surface area contributed by atoms with Crippen LogP contribution in [-0.4, -0.2) is 11.1 Å². The van der Waals surface area contributed by atoms with Crippen molar-refractivity contribution in [2.45, 2.75) is 6.92 Å². The van der Waals surface area contributed by atoms with Crippen LogP contribution in [0.4, 0.5) is 0 Å². The molecule has 0 spiro atoms. The Bertz CT molecular complexity index is 263. The second kappa shape index (κ2) is 4.22. The minimum atomic E-state index is -0.872. The fourth-order valence-electron chi connectivity index (χ4n) is 0.778. The first kappa shape index (κ1) is 10.3. The molecule has 0 aliphatic rings. The summed E-state index contributed by atoms with van der Waals surface area (Å²) in [4.78, 5) is 10.4. The third kappa shape index (κ3) is 2.79. The van der Waals surface area contributed by atoms with Gasteiger partial charge in [0.1, 0.15) is 0 Å². The molecule has 1 N–H and O–H groups in total. The number of carboxylic acids is 1. The topological polar surface area (TPSA) is 37.3 Å². The van der Waals surface area contributed by atoms with E-state index in [0.717, 1.165) is 5.56 Å². The SMILES string of the molecule is Cc1cccc(C(=O)O)c1.[H-].[Li+]. The van der Waals surface area contributed by atoms with Crippen LogP contribution < -0.4 is 18.9 Å². The van der Waals surface area contributed by atoms with E-state index < -0.39 is 5.97 Å². The van der Waals surface area contributed by atoms with Crippen LogP contribution in [-0.2, 0) is 0 Å². The molecule has 0 radical (unpaired) electrons. The predicted molar refractivity (Wildman–Crippen MR) is 39.3 cm³/mol.